The number of hydrogen-bond donors (Lipinski definition) is 1. The van der Waals surface area contributed by atoms with Crippen molar-refractivity contribution in [3.05, 3.63) is 28.2 Å². The van der Waals surface area contributed by atoms with Gasteiger partial charge in [0.05, 0.1) is 6.61 Å². The van der Waals surface area contributed by atoms with Gasteiger partial charge in [0.2, 0.25) is 0 Å². The molecule has 0 fully saturated rings. The molecule has 0 heterocycles. The molecule has 114 valence electrons. The third-order valence-electron chi connectivity index (χ3n) is 3.02. The van der Waals surface area contributed by atoms with Gasteiger partial charge >= 0.3 is 0 Å². The lowest BCUT2D eigenvalue weighted by molar-refractivity contribution is 0.312. The highest BCUT2D eigenvalue weighted by Crippen LogP contribution is 2.23. The van der Waals surface area contributed by atoms with E-state index >= 15 is 0 Å². The average molecular weight is 360 g/mol. The summed E-state index contributed by atoms with van der Waals surface area (Å²) in [4.78, 5) is 0. The molecule has 1 unspecified atom stereocenters. The fraction of sp³-hybridized carbons (Fsp3) is 0.625. The third-order valence-corrected chi connectivity index (χ3v) is 4.45. The minimum atomic E-state index is 0.534. The van der Waals surface area contributed by atoms with Gasteiger partial charge in [0.1, 0.15) is 5.75 Å². The number of rotatable bonds is 10. The lowest BCUT2D eigenvalue weighted by Gasteiger charge is -2.16. The molecular weight excluding hydrogens is 334 g/mol. The van der Waals surface area contributed by atoms with Gasteiger partial charge in [-0.05, 0) is 49.5 Å². The van der Waals surface area contributed by atoms with Gasteiger partial charge in [-0.1, -0.05) is 29.8 Å². The second-order valence-corrected chi connectivity index (χ2v) is 7.18. The van der Waals surface area contributed by atoms with E-state index in [-0.39, 0.29) is 0 Å². The average Bonchev–Trinajstić information content (AvgIpc) is 2.44. The first-order valence-electron chi connectivity index (χ1n) is 7.39. The Bertz CT molecular complexity index is 387. The minimum absolute atomic E-state index is 0.534. The molecule has 1 N–H and O–H groups in total. The fourth-order valence-corrected chi connectivity index (χ4v) is 3.05. The summed E-state index contributed by atoms with van der Waals surface area (Å²) in [5.41, 5.74) is 1.22. The van der Waals surface area contributed by atoms with E-state index in [9.17, 15) is 0 Å². The van der Waals surface area contributed by atoms with Crippen molar-refractivity contribution in [2.24, 2.45) is 0 Å². The Hall–Kier alpha value is -0.190. The van der Waals surface area contributed by atoms with Gasteiger partial charge in [0, 0.05) is 22.6 Å². The van der Waals surface area contributed by atoms with E-state index in [0.717, 1.165) is 29.8 Å². The smallest absolute Gasteiger partial charge is 0.123 e. The standard InChI is InChI=1S/C16H26BrNOS/c1-4-9-19-16-7-6-15(17)11-14(16)12-18-13(3)8-10-20-5-2/h6-7,11,13,18H,4-5,8-10,12H2,1-3H3. The van der Waals surface area contributed by atoms with Gasteiger partial charge in [0.25, 0.3) is 0 Å². The third kappa shape index (κ3) is 7.00. The van der Waals surface area contributed by atoms with E-state index in [0.29, 0.717) is 6.04 Å². The number of halogens is 1. The molecule has 0 saturated heterocycles. The first-order chi connectivity index (χ1) is 9.67. The zero-order chi connectivity index (χ0) is 14.8. The Morgan fingerprint density at radius 2 is 2.15 bits per heavy atom. The van der Waals surface area contributed by atoms with E-state index < -0.39 is 0 Å². The predicted molar refractivity (Wildman–Crippen MR) is 93.8 cm³/mol. The van der Waals surface area contributed by atoms with Crippen molar-refractivity contribution in [1.29, 1.82) is 0 Å². The van der Waals surface area contributed by atoms with E-state index in [4.69, 9.17) is 4.74 Å². The number of benzene rings is 1. The topological polar surface area (TPSA) is 21.3 Å². The first kappa shape index (κ1) is 17.9. The molecule has 0 radical (unpaired) electrons. The van der Waals surface area contributed by atoms with Gasteiger partial charge in [-0.3, -0.25) is 0 Å². The molecule has 1 aromatic rings. The van der Waals surface area contributed by atoms with Crippen molar-refractivity contribution in [2.75, 3.05) is 18.1 Å². The molecule has 0 bridgehead atoms. The van der Waals surface area contributed by atoms with E-state index in [1.165, 1.54) is 23.5 Å². The van der Waals surface area contributed by atoms with Gasteiger partial charge in [-0.15, -0.1) is 0 Å². The van der Waals surface area contributed by atoms with Crippen molar-refractivity contribution < 1.29 is 4.74 Å². The quantitative estimate of drug-likeness (QED) is 0.602. The first-order valence-corrected chi connectivity index (χ1v) is 9.34. The van der Waals surface area contributed by atoms with Crippen LogP contribution in [0.1, 0.15) is 39.2 Å². The monoisotopic (exact) mass is 359 g/mol. The SMILES string of the molecule is CCCOc1ccc(Br)cc1CNC(C)CCSCC. The Kier molecular flexibility index (Phi) is 9.40. The lowest BCUT2D eigenvalue weighted by atomic mass is 10.1. The van der Waals surface area contributed by atoms with Crippen LogP contribution in [0.25, 0.3) is 0 Å². The number of ether oxygens (including phenoxy) is 1. The highest BCUT2D eigenvalue weighted by Gasteiger charge is 2.07. The van der Waals surface area contributed by atoms with E-state index in [1.807, 2.05) is 23.9 Å². The summed E-state index contributed by atoms with van der Waals surface area (Å²) in [6.07, 6.45) is 2.24. The Labute approximate surface area is 136 Å². The van der Waals surface area contributed by atoms with E-state index in [2.05, 4.69) is 48.1 Å². The second-order valence-electron chi connectivity index (χ2n) is 4.87. The largest absolute Gasteiger partial charge is 0.493 e. The Morgan fingerprint density at radius 1 is 1.35 bits per heavy atom. The molecule has 1 atom stereocenters. The number of hydrogen-bond acceptors (Lipinski definition) is 3. The molecule has 4 heteroatoms. The normalized spacial score (nSPS) is 12.4. The molecule has 0 spiro atoms. The van der Waals surface area contributed by atoms with Crippen LogP contribution < -0.4 is 10.1 Å². The summed E-state index contributed by atoms with van der Waals surface area (Å²) in [6.45, 7) is 8.22. The molecule has 0 aliphatic rings. The van der Waals surface area contributed by atoms with Crippen LogP contribution in [0.15, 0.2) is 22.7 Å². The van der Waals surface area contributed by atoms with E-state index in [1.54, 1.807) is 0 Å². The van der Waals surface area contributed by atoms with Gasteiger partial charge in [0.15, 0.2) is 0 Å². The predicted octanol–water partition coefficient (Wildman–Crippen LogP) is 4.86. The zero-order valence-corrected chi connectivity index (χ0v) is 15.1. The van der Waals surface area contributed by atoms with Crippen molar-refractivity contribution in [3.8, 4) is 5.75 Å². The molecule has 1 aromatic carbocycles. The highest BCUT2D eigenvalue weighted by atomic mass is 79.9. The zero-order valence-electron chi connectivity index (χ0n) is 12.7. The van der Waals surface area contributed by atoms with Gasteiger partial charge in [-0.25, -0.2) is 0 Å². The van der Waals surface area contributed by atoms with Crippen LogP contribution in [-0.4, -0.2) is 24.2 Å². The molecule has 0 saturated carbocycles. The molecule has 2 nitrogen and oxygen atoms in total. The summed E-state index contributed by atoms with van der Waals surface area (Å²) in [5, 5.41) is 3.59. The Morgan fingerprint density at radius 3 is 2.85 bits per heavy atom. The van der Waals surface area contributed by atoms with Crippen LogP contribution in [0, 0.1) is 0 Å². The van der Waals surface area contributed by atoms with Crippen molar-refractivity contribution >= 4 is 27.7 Å². The molecule has 0 aliphatic carbocycles. The summed E-state index contributed by atoms with van der Waals surface area (Å²) in [5.74, 6) is 3.42. The summed E-state index contributed by atoms with van der Waals surface area (Å²) in [7, 11) is 0. The van der Waals surface area contributed by atoms with Crippen molar-refractivity contribution in [1.82, 2.24) is 5.32 Å². The molecule has 0 aromatic heterocycles. The van der Waals surface area contributed by atoms with Crippen molar-refractivity contribution in [2.45, 2.75) is 46.2 Å². The van der Waals surface area contributed by atoms with Crippen LogP contribution >= 0.6 is 27.7 Å². The minimum Gasteiger partial charge on any atom is -0.493 e. The summed E-state index contributed by atoms with van der Waals surface area (Å²) < 4.78 is 6.91. The van der Waals surface area contributed by atoms with Crippen LogP contribution in [0.3, 0.4) is 0 Å². The van der Waals surface area contributed by atoms with Crippen molar-refractivity contribution in [3.63, 3.8) is 0 Å². The second kappa shape index (κ2) is 10.5. The van der Waals surface area contributed by atoms with Crippen LogP contribution in [-0.2, 0) is 6.54 Å². The molecule has 0 amide bonds. The maximum Gasteiger partial charge on any atom is 0.123 e. The maximum absolute atomic E-state index is 5.81. The fourth-order valence-electron chi connectivity index (χ4n) is 1.83. The van der Waals surface area contributed by atoms with Gasteiger partial charge in [-0.2, -0.15) is 11.8 Å². The van der Waals surface area contributed by atoms with Crippen LogP contribution in [0.5, 0.6) is 5.75 Å². The maximum atomic E-state index is 5.81. The number of nitrogens with one attached hydrogen (secondary N) is 1. The van der Waals surface area contributed by atoms with Gasteiger partial charge < -0.3 is 10.1 Å². The molecule has 20 heavy (non-hydrogen) atoms. The highest BCUT2D eigenvalue weighted by molar-refractivity contribution is 9.10. The number of thioether (sulfide) groups is 1. The van der Waals surface area contributed by atoms with Crippen LogP contribution in [0.4, 0.5) is 0 Å². The summed E-state index contributed by atoms with van der Waals surface area (Å²) >= 11 is 5.54. The summed E-state index contributed by atoms with van der Waals surface area (Å²) in [6, 6.07) is 6.77. The molecular formula is C16H26BrNOS. The molecule has 0 aliphatic heterocycles. The van der Waals surface area contributed by atoms with Crippen LogP contribution in [0.2, 0.25) is 0 Å². The Balaban J connectivity index is 2.50. The molecule has 1 rings (SSSR count). The lowest BCUT2D eigenvalue weighted by Crippen LogP contribution is -2.26.